The number of nitrogens with zero attached hydrogens (tertiary/aromatic N) is 1. The van der Waals surface area contributed by atoms with Crippen molar-refractivity contribution in [2.24, 2.45) is 11.8 Å². The third-order valence-corrected chi connectivity index (χ3v) is 3.68. The quantitative estimate of drug-likeness (QED) is 0.422. The molecule has 4 nitrogen and oxygen atoms in total. The Labute approximate surface area is 98.5 Å². The Kier molecular flexibility index (Phi) is 5.77. The molecule has 0 heterocycles. The van der Waals surface area contributed by atoms with Crippen molar-refractivity contribution < 1.29 is 4.79 Å². The van der Waals surface area contributed by atoms with Gasteiger partial charge in [0, 0.05) is 12.5 Å². The van der Waals surface area contributed by atoms with Crippen molar-refractivity contribution in [2.45, 2.75) is 51.5 Å². The lowest BCUT2D eigenvalue weighted by Crippen LogP contribution is -2.36. The second kappa shape index (κ2) is 6.86. The Morgan fingerprint density at radius 3 is 2.56 bits per heavy atom. The SMILES string of the molecule is CC1CCC(N(C)CCCC(=O)NN)CC1. The van der Waals surface area contributed by atoms with Crippen LogP contribution in [0.15, 0.2) is 0 Å². The summed E-state index contributed by atoms with van der Waals surface area (Å²) in [6, 6.07) is 0.720. The third kappa shape index (κ3) is 4.49. The maximum absolute atomic E-state index is 11.0. The summed E-state index contributed by atoms with van der Waals surface area (Å²) in [5, 5.41) is 0. The molecule has 16 heavy (non-hydrogen) atoms. The van der Waals surface area contributed by atoms with Crippen molar-refractivity contribution in [3.8, 4) is 0 Å². The summed E-state index contributed by atoms with van der Waals surface area (Å²) in [5.41, 5.74) is 2.17. The summed E-state index contributed by atoms with van der Waals surface area (Å²) in [5.74, 6) is 5.87. The Bertz CT molecular complexity index is 212. The zero-order chi connectivity index (χ0) is 12.0. The molecule has 0 aromatic heterocycles. The number of hydrazine groups is 1. The molecular formula is C12H25N3O. The Balaban J connectivity index is 2.14. The van der Waals surface area contributed by atoms with E-state index in [0.29, 0.717) is 6.42 Å². The summed E-state index contributed by atoms with van der Waals surface area (Å²) in [4.78, 5) is 13.4. The topological polar surface area (TPSA) is 58.4 Å². The second-order valence-corrected chi connectivity index (χ2v) is 5.07. The van der Waals surface area contributed by atoms with Crippen molar-refractivity contribution in [2.75, 3.05) is 13.6 Å². The average Bonchev–Trinajstić information content (AvgIpc) is 2.29. The zero-order valence-corrected chi connectivity index (χ0v) is 10.5. The van der Waals surface area contributed by atoms with Gasteiger partial charge in [0.1, 0.15) is 0 Å². The van der Waals surface area contributed by atoms with E-state index in [2.05, 4.69) is 24.3 Å². The summed E-state index contributed by atoms with van der Waals surface area (Å²) in [6.07, 6.45) is 6.73. The molecule has 1 fully saturated rings. The molecule has 0 unspecified atom stereocenters. The highest BCUT2D eigenvalue weighted by Crippen LogP contribution is 2.26. The van der Waals surface area contributed by atoms with Crippen LogP contribution in [0.25, 0.3) is 0 Å². The van der Waals surface area contributed by atoms with Crippen LogP contribution in [0, 0.1) is 5.92 Å². The molecule has 1 aliphatic rings. The third-order valence-electron chi connectivity index (χ3n) is 3.68. The van der Waals surface area contributed by atoms with Gasteiger partial charge in [0.2, 0.25) is 5.91 Å². The van der Waals surface area contributed by atoms with E-state index in [1.54, 1.807) is 0 Å². The minimum absolute atomic E-state index is 0.0642. The lowest BCUT2D eigenvalue weighted by Gasteiger charge is -2.33. The largest absolute Gasteiger partial charge is 0.303 e. The van der Waals surface area contributed by atoms with E-state index in [1.165, 1.54) is 25.7 Å². The van der Waals surface area contributed by atoms with Crippen LogP contribution < -0.4 is 11.3 Å². The van der Waals surface area contributed by atoms with Gasteiger partial charge in [-0.05, 0) is 51.6 Å². The Morgan fingerprint density at radius 1 is 1.38 bits per heavy atom. The maximum Gasteiger partial charge on any atom is 0.233 e. The van der Waals surface area contributed by atoms with E-state index < -0.39 is 0 Å². The zero-order valence-electron chi connectivity index (χ0n) is 10.5. The Morgan fingerprint density at radius 2 is 2.00 bits per heavy atom. The first kappa shape index (κ1) is 13.5. The van der Waals surface area contributed by atoms with E-state index >= 15 is 0 Å². The minimum atomic E-state index is -0.0642. The van der Waals surface area contributed by atoms with Crippen molar-refractivity contribution >= 4 is 5.91 Å². The molecule has 0 aromatic rings. The highest BCUT2D eigenvalue weighted by molar-refractivity contribution is 5.75. The molecule has 1 saturated carbocycles. The number of nitrogens with one attached hydrogen (secondary N) is 1. The van der Waals surface area contributed by atoms with Crippen molar-refractivity contribution in [3.63, 3.8) is 0 Å². The van der Waals surface area contributed by atoms with Gasteiger partial charge >= 0.3 is 0 Å². The average molecular weight is 227 g/mol. The molecular weight excluding hydrogens is 202 g/mol. The van der Waals surface area contributed by atoms with Crippen LogP contribution in [-0.4, -0.2) is 30.4 Å². The van der Waals surface area contributed by atoms with Crippen LogP contribution in [0.5, 0.6) is 0 Å². The molecule has 0 bridgehead atoms. The van der Waals surface area contributed by atoms with E-state index in [4.69, 9.17) is 5.84 Å². The molecule has 0 atom stereocenters. The van der Waals surface area contributed by atoms with Gasteiger partial charge in [-0.3, -0.25) is 10.2 Å². The molecule has 0 saturated heterocycles. The molecule has 0 aromatic carbocycles. The van der Waals surface area contributed by atoms with Crippen LogP contribution in [-0.2, 0) is 4.79 Å². The summed E-state index contributed by atoms with van der Waals surface area (Å²) in [6.45, 7) is 3.33. The van der Waals surface area contributed by atoms with E-state index in [9.17, 15) is 4.79 Å². The number of nitrogens with two attached hydrogens (primary N) is 1. The minimum Gasteiger partial charge on any atom is -0.303 e. The lowest BCUT2D eigenvalue weighted by molar-refractivity contribution is -0.121. The van der Waals surface area contributed by atoms with E-state index in [0.717, 1.165) is 24.9 Å². The highest BCUT2D eigenvalue weighted by Gasteiger charge is 2.21. The van der Waals surface area contributed by atoms with Crippen LogP contribution >= 0.6 is 0 Å². The standard InChI is InChI=1S/C12H25N3O/c1-10-5-7-11(8-6-10)15(2)9-3-4-12(16)14-13/h10-11H,3-9,13H2,1-2H3,(H,14,16). The predicted molar refractivity (Wildman–Crippen MR) is 65.6 cm³/mol. The second-order valence-electron chi connectivity index (χ2n) is 5.07. The molecule has 1 amide bonds. The van der Waals surface area contributed by atoms with Gasteiger partial charge in [0.15, 0.2) is 0 Å². The van der Waals surface area contributed by atoms with Gasteiger partial charge in [0.25, 0.3) is 0 Å². The van der Waals surface area contributed by atoms with Gasteiger partial charge in [-0.1, -0.05) is 6.92 Å². The van der Waals surface area contributed by atoms with Crippen molar-refractivity contribution in [1.29, 1.82) is 0 Å². The first-order valence-corrected chi connectivity index (χ1v) is 6.33. The smallest absolute Gasteiger partial charge is 0.233 e. The maximum atomic E-state index is 11.0. The predicted octanol–water partition coefficient (Wildman–Crippen LogP) is 1.27. The summed E-state index contributed by atoms with van der Waals surface area (Å²) in [7, 11) is 2.17. The molecule has 4 heteroatoms. The molecule has 1 aliphatic carbocycles. The lowest BCUT2D eigenvalue weighted by atomic mass is 9.87. The number of carbonyl (C=O) groups is 1. The van der Waals surface area contributed by atoms with Gasteiger partial charge in [-0.15, -0.1) is 0 Å². The molecule has 1 rings (SSSR count). The van der Waals surface area contributed by atoms with Crippen LogP contribution in [0.1, 0.15) is 45.4 Å². The first-order chi connectivity index (χ1) is 7.63. The molecule has 3 N–H and O–H groups in total. The number of hydrogen-bond acceptors (Lipinski definition) is 3. The number of rotatable bonds is 5. The molecule has 0 radical (unpaired) electrons. The van der Waals surface area contributed by atoms with Gasteiger partial charge in [-0.2, -0.15) is 0 Å². The molecule has 94 valence electrons. The van der Waals surface area contributed by atoms with Crippen LogP contribution in [0.2, 0.25) is 0 Å². The fraction of sp³-hybridized carbons (Fsp3) is 0.917. The number of hydrogen-bond donors (Lipinski definition) is 2. The highest BCUT2D eigenvalue weighted by atomic mass is 16.2. The monoisotopic (exact) mass is 227 g/mol. The fourth-order valence-electron chi connectivity index (χ4n) is 2.43. The van der Waals surface area contributed by atoms with Crippen LogP contribution in [0.3, 0.4) is 0 Å². The van der Waals surface area contributed by atoms with Crippen molar-refractivity contribution in [3.05, 3.63) is 0 Å². The molecule has 0 spiro atoms. The summed E-state index contributed by atoms with van der Waals surface area (Å²) >= 11 is 0. The summed E-state index contributed by atoms with van der Waals surface area (Å²) < 4.78 is 0. The Hall–Kier alpha value is -0.610. The van der Waals surface area contributed by atoms with Crippen molar-refractivity contribution in [1.82, 2.24) is 10.3 Å². The fourth-order valence-corrected chi connectivity index (χ4v) is 2.43. The van der Waals surface area contributed by atoms with Gasteiger partial charge < -0.3 is 4.90 Å². The van der Waals surface area contributed by atoms with Gasteiger partial charge in [-0.25, -0.2) is 5.84 Å². The number of carbonyl (C=O) groups excluding carboxylic acids is 1. The first-order valence-electron chi connectivity index (χ1n) is 6.33. The number of amides is 1. The normalized spacial score (nSPS) is 25.8. The van der Waals surface area contributed by atoms with Gasteiger partial charge in [0.05, 0.1) is 0 Å². The molecule has 0 aliphatic heterocycles. The van der Waals surface area contributed by atoms with Crippen LogP contribution in [0.4, 0.5) is 0 Å². The van der Waals surface area contributed by atoms with E-state index in [-0.39, 0.29) is 5.91 Å². The van der Waals surface area contributed by atoms with E-state index in [1.807, 2.05) is 0 Å².